The van der Waals surface area contributed by atoms with Crippen LogP contribution in [0.1, 0.15) is 25.6 Å². The maximum atomic E-state index is 12.8. The number of ether oxygens (including phenoxy) is 1. The van der Waals surface area contributed by atoms with Gasteiger partial charge >= 0.3 is 5.97 Å². The predicted molar refractivity (Wildman–Crippen MR) is 95.6 cm³/mol. The summed E-state index contributed by atoms with van der Waals surface area (Å²) in [7, 11) is -3.59. The quantitative estimate of drug-likeness (QED) is 0.780. The number of aliphatic carboxylic acids is 1. The first kappa shape index (κ1) is 18.8. The number of hydrogen-bond donors (Lipinski definition) is 1. The van der Waals surface area contributed by atoms with Crippen LogP contribution in [-0.4, -0.2) is 59.7 Å². The molecule has 0 saturated carbocycles. The molecular formula is C17H23N3O5S. The van der Waals surface area contributed by atoms with Crippen LogP contribution < -0.4 is 0 Å². The number of hydrogen-bond acceptors (Lipinski definition) is 5. The largest absolute Gasteiger partial charge is 0.481 e. The molecule has 0 radical (unpaired) electrons. The third-order valence-electron chi connectivity index (χ3n) is 4.42. The van der Waals surface area contributed by atoms with Crippen molar-refractivity contribution in [1.82, 2.24) is 13.9 Å². The summed E-state index contributed by atoms with van der Waals surface area (Å²) in [6, 6.07) is 4.94. The first-order valence-corrected chi connectivity index (χ1v) is 10.2. The first-order valence-electron chi connectivity index (χ1n) is 8.72. The number of rotatable bonds is 7. The van der Waals surface area contributed by atoms with Crippen molar-refractivity contribution < 1.29 is 23.1 Å². The van der Waals surface area contributed by atoms with Crippen molar-refractivity contribution in [2.45, 2.75) is 37.6 Å². The van der Waals surface area contributed by atoms with E-state index < -0.39 is 16.0 Å². The van der Waals surface area contributed by atoms with E-state index in [4.69, 9.17) is 9.84 Å². The molecule has 3 rings (SSSR count). The fraction of sp³-hybridized carbons (Fsp3) is 0.529. The third kappa shape index (κ3) is 3.74. The molecular weight excluding hydrogens is 358 g/mol. The summed E-state index contributed by atoms with van der Waals surface area (Å²) in [6.45, 7) is 4.21. The number of benzene rings is 1. The fourth-order valence-corrected chi connectivity index (χ4v) is 4.57. The van der Waals surface area contributed by atoms with Gasteiger partial charge in [0, 0.05) is 26.1 Å². The summed E-state index contributed by atoms with van der Waals surface area (Å²) in [4.78, 5) is 15.6. The summed E-state index contributed by atoms with van der Waals surface area (Å²) >= 11 is 0. The SMILES string of the molecule is CCCn1c(CCC(=O)O)nc2cc(S(=O)(=O)N3CCOCC3)ccc21. The number of nitrogens with zero attached hydrogens (tertiary/aromatic N) is 3. The molecule has 2 aromatic rings. The molecule has 1 fully saturated rings. The zero-order valence-electron chi connectivity index (χ0n) is 14.7. The van der Waals surface area contributed by atoms with Crippen molar-refractivity contribution in [3.05, 3.63) is 24.0 Å². The van der Waals surface area contributed by atoms with E-state index in [0.29, 0.717) is 50.6 Å². The van der Waals surface area contributed by atoms with E-state index in [1.807, 2.05) is 11.5 Å². The average molecular weight is 381 g/mol. The van der Waals surface area contributed by atoms with Gasteiger partial charge in [-0.1, -0.05) is 6.92 Å². The second kappa shape index (κ2) is 7.73. The molecule has 1 saturated heterocycles. The lowest BCUT2D eigenvalue weighted by atomic mass is 10.3. The molecule has 26 heavy (non-hydrogen) atoms. The standard InChI is InChI=1S/C17H23N3O5S/c1-2-7-20-15-4-3-13(26(23,24)19-8-10-25-11-9-19)12-14(15)18-16(20)5-6-17(21)22/h3-4,12H,2,5-11H2,1H3,(H,21,22). The molecule has 0 bridgehead atoms. The van der Waals surface area contributed by atoms with Gasteiger partial charge in [0.05, 0.1) is 35.6 Å². The summed E-state index contributed by atoms with van der Waals surface area (Å²) < 4.78 is 34.3. The Morgan fingerprint density at radius 3 is 2.69 bits per heavy atom. The highest BCUT2D eigenvalue weighted by atomic mass is 32.2. The molecule has 2 heterocycles. The Morgan fingerprint density at radius 2 is 2.04 bits per heavy atom. The van der Waals surface area contributed by atoms with Gasteiger partial charge < -0.3 is 14.4 Å². The molecule has 8 nitrogen and oxygen atoms in total. The lowest BCUT2D eigenvalue weighted by Gasteiger charge is -2.26. The minimum absolute atomic E-state index is 0.00797. The molecule has 1 N–H and O–H groups in total. The van der Waals surface area contributed by atoms with Gasteiger partial charge in [0.1, 0.15) is 5.82 Å². The Balaban J connectivity index is 1.98. The molecule has 1 aromatic carbocycles. The maximum absolute atomic E-state index is 12.8. The number of aryl methyl sites for hydroxylation is 2. The molecule has 0 unspecified atom stereocenters. The van der Waals surface area contributed by atoms with E-state index in [1.54, 1.807) is 18.2 Å². The highest BCUT2D eigenvalue weighted by Gasteiger charge is 2.27. The van der Waals surface area contributed by atoms with E-state index in [9.17, 15) is 13.2 Å². The van der Waals surface area contributed by atoms with Crippen molar-refractivity contribution in [3.8, 4) is 0 Å². The topological polar surface area (TPSA) is 102 Å². The lowest BCUT2D eigenvalue weighted by Crippen LogP contribution is -2.40. The molecule has 1 aromatic heterocycles. The van der Waals surface area contributed by atoms with Crippen molar-refractivity contribution in [2.75, 3.05) is 26.3 Å². The summed E-state index contributed by atoms with van der Waals surface area (Å²) in [5.74, 6) is -0.208. The number of carbonyl (C=O) groups is 1. The highest BCUT2D eigenvalue weighted by molar-refractivity contribution is 7.89. The average Bonchev–Trinajstić information content (AvgIpc) is 2.98. The van der Waals surface area contributed by atoms with E-state index >= 15 is 0 Å². The smallest absolute Gasteiger partial charge is 0.303 e. The first-order chi connectivity index (χ1) is 12.4. The van der Waals surface area contributed by atoms with Crippen molar-refractivity contribution in [3.63, 3.8) is 0 Å². The van der Waals surface area contributed by atoms with Crippen LogP contribution in [0.15, 0.2) is 23.1 Å². The summed E-state index contributed by atoms with van der Waals surface area (Å²) in [5.41, 5.74) is 1.40. The fourth-order valence-electron chi connectivity index (χ4n) is 3.14. The Labute approximate surface area is 152 Å². The second-order valence-corrected chi connectivity index (χ2v) is 8.18. The monoisotopic (exact) mass is 381 g/mol. The molecule has 0 atom stereocenters. The van der Waals surface area contributed by atoms with Crippen molar-refractivity contribution in [2.24, 2.45) is 0 Å². The van der Waals surface area contributed by atoms with Crippen LogP contribution in [0.25, 0.3) is 11.0 Å². The number of sulfonamides is 1. The number of morpholine rings is 1. The third-order valence-corrected chi connectivity index (χ3v) is 6.31. The van der Waals surface area contributed by atoms with Gasteiger partial charge in [0.15, 0.2) is 0 Å². The van der Waals surface area contributed by atoms with Crippen LogP contribution >= 0.6 is 0 Å². The minimum atomic E-state index is -3.59. The molecule has 0 amide bonds. The van der Waals surface area contributed by atoms with Gasteiger partial charge in [0.25, 0.3) is 0 Å². The number of aromatic nitrogens is 2. The molecule has 1 aliphatic rings. The highest BCUT2D eigenvalue weighted by Crippen LogP contribution is 2.24. The van der Waals surface area contributed by atoms with Crippen LogP contribution in [0.4, 0.5) is 0 Å². The maximum Gasteiger partial charge on any atom is 0.303 e. The van der Waals surface area contributed by atoms with Gasteiger partial charge in [-0.25, -0.2) is 13.4 Å². The molecule has 1 aliphatic heterocycles. The lowest BCUT2D eigenvalue weighted by molar-refractivity contribution is -0.137. The Bertz CT molecular complexity index is 901. The summed E-state index contributed by atoms with van der Waals surface area (Å²) in [5, 5.41) is 8.93. The zero-order valence-corrected chi connectivity index (χ0v) is 15.5. The van der Waals surface area contributed by atoms with Gasteiger partial charge in [-0.3, -0.25) is 4.79 Å². The van der Waals surface area contributed by atoms with E-state index in [2.05, 4.69) is 4.98 Å². The Morgan fingerprint density at radius 1 is 1.31 bits per heavy atom. The van der Waals surface area contributed by atoms with E-state index in [0.717, 1.165) is 11.9 Å². The van der Waals surface area contributed by atoms with Crippen molar-refractivity contribution >= 4 is 27.0 Å². The van der Waals surface area contributed by atoms with Crippen LogP contribution in [0, 0.1) is 0 Å². The van der Waals surface area contributed by atoms with E-state index in [1.165, 1.54) is 4.31 Å². The van der Waals surface area contributed by atoms with Gasteiger partial charge in [-0.2, -0.15) is 4.31 Å². The molecule has 142 valence electrons. The normalized spacial score (nSPS) is 16.2. The Kier molecular flexibility index (Phi) is 5.59. The van der Waals surface area contributed by atoms with Gasteiger partial charge in [-0.15, -0.1) is 0 Å². The van der Waals surface area contributed by atoms with Crippen LogP contribution in [0.3, 0.4) is 0 Å². The number of carboxylic acids is 1. The Hall–Kier alpha value is -1.97. The second-order valence-electron chi connectivity index (χ2n) is 6.24. The number of carboxylic acid groups (broad SMARTS) is 1. The molecule has 0 spiro atoms. The van der Waals surface area contributed by atoms with Crippen LogP contribution in [0.2, 0.25) is 0 Å². The summed E-state index contributed by atoms with van der Waals surface area (Å²) in [6.07, 6.45) is 1.18. The minimum Gasteiger partial charge on any atom is -0.481 e. The van der Waals surface area contributed by atoms with Gasteiger partial charge in [0.2, 0.25) is 10.0 Å². The zero-order chi connectivity index (χ0) is 18.7. The predicted octanol–water partition coefficient (Wildman–Crippen LogP) is 1.48. The van der Waals surface area contributed by atoms with Crippen LogP contribution in [-0.2, 0) is 32.5 Å². The van der Waals surface area contributed by atoms with E-state index in [-0.39, 0.29) is 11.3 Å². The number of imidazole rings is 1. The molecule has 9 heteroatoms. The molecule has 0 aliphatic carbocycles. The van der Waals surface area contributed by atoms with Gasteiger partial charge in [-0.05, 0) is 24.6 Å². The van der Waals surface area contributed by atoms with Crippen molar-refractivity contribution in [1.29, 1.82) is 0 Å². The number of fused-ring (bicyclic) bond motifs is 1. The van der Waals surface area contributed by atoms with Crippen LogP contribution in [0.5, 0.6) is 0 Å².